The zero-order chi connectivity index (χ0) is 16.3. The van der Waals surface area contributed by atoms with E-state index >= 15 is 0 Å². The zero-order valence-electron chi connectivity index (χ0n) is 12.6. The van der Waals surface area contributed by atoms with Crippen molar-refractivity contribution in [2.24, 2.45) is 0 Å². The van der Waals surface area contributed by atoms with E-state index in [1.165, 1.54) is 6.07 Å². The molecular formula is C15H18N4O2S. The highest BCUT2D eigenvalue weighted by Gasteiger charge is 2.17. The lowest BCUT2D eigenvalue weighted by Crippen LogP contribution is -2.23. The third-order valence-corrected chi connectivity index (χ3v) is 4.03. The second-order valence-electron chi connectivity index (χ2n) is 5.04. The molecule has 0 aliphatic rings. The van der Waals surface area contributed by atoms with E-state index in [9.17, 15) is 9.59 Å². The Hall–Kier alpha value is -2.28. The number of thioether (sulfide) groups is 1. The minimum absolute atomic E-state index is 0.133. The van der Waals surface area contributed by atoms with Crippen LogP contribution in [0.5, 0.6) is 0 Å². The number of anilines is 2. The number of hydrogen-bond donors (Lipinski definition) is 3. The molecule has 0 saturated carbocycles. The van der Waals surface area contributed by atoms with Crippen molar-refractivity contribution in [3.8, 4) is 0 Å². The molecule has 0 radical (unpaired) electrons. The van der Waals surface area contributed by atoms with Crippen LogP contribution in [0.4, 0.5) is 11.5 Å². The Bertz CT molecular complexity index is 757. The van der Waals surface area contributed by atoms with E-state index < -0.39 is 5.25 Å². The molecule has 1 amide bonds. The van der Waals surface area contributed by atoms with Crippen LogP contribution >= 0.6 is 11.8 Å². The van der Waals surface area contributed by atoms with Gasteiger partial charge >= 0.3 is 0 Å². The van der Waals surface area contributed by atoms with Crippen molar-refractivity contribution in [3.63, 3.8) is 0 Å². The van der Waals surface area contributed by atoms with E-state index in [0.29, 0.717) is 5.16 Å². The molecule has 0 saturated heterocycles. The van der Waals surface area contributed by atoms with Gasteiger partial charge in [-0.3, -0.25) is 9.59 Å². The molecule has 1 heterocycles. The highest BCUT2D eigenvalue weighted by atomic mass is 32.2. The maximum atomic E-state index is 12.3. The lowest BCUT2D eigenvalue weighted by Gasteiger charge is -2.13. The minimum Gasteiger partial charge on any atom is -0.383 e. The summed E-state index contributed by atoms with van der Waals surface area (Å²) in [4.78, 5) is 30.2. The number of H-pyrrole nitrogens is 1. The Labute approximate surface area is 132 Å². The number of nitrogens with one attached hydrogen (secondary N) is 2. The van der Waals surface area contributed by atoms with Gasteiger partial charge < -0.3 is 16.0 Å². The number of amides is 1. The number of rotatable bonds is 4. The third-order valence-electron chi connectivity index (χ3n) is 3.05. The number of aryl methyl sites for hydroxylation is 2. The smallest absolute Gasteiger partial charge is 0.253 e. The average molecular weight is 318 g/mol. The number of nitrogen functional groups attached to an aromatic ring is 1. The minimum atomic E-state index is -0.426. The van der Waals surface area contributed by atoms with E-state index in [1.807, 2.05) is 32.0 Å². The molecule has 2 rings (SSSR count). The first-order valence-corrected chi connectivity index (χ1v) is 7.65. The first kappa shape index (κ1) is 16.1. The molecule has 22 heavy (non-hydrogen) atoms. The number of aromatic nitrogens is 2. The lowest BCUT2D eigenvalue weighted by molar-refractivity contribution is -0.115. The Morgan fingerprint density at radius 2 is 2.09 bits per heavy atom. The Kier molecular flexibility index (Phi) is 4.87. The highest BCUT2D eigenvalue weighted by Crippen LogP contribution is 2.22. The monoisotopic (exact) mass is 318 g/mol. The van der Waals surface area contributed by atoms with Gasteiger partial charge in [0.05, 0.1) is 5.25 Å². The average Bonchev–Trinajstić information content (AvgIpc) is 2.41. The van der Waals surface area contributed by atoms with E-state index in [0.717, 1.165) is 28.6 Å². The van der Waals surface area contributed by atoms with E-state index in [-0.39, 0.29) is 17.3 Å². The van der Waals surface area contributed by atoms with Crippen molar-refractivity contribution in [3.05, 3.63) is 45.7 Å². The fourth-order valence-electron chi connectivity index (χ4n) is 1.83. The number of aromatic amines is 1. The number of carbonyl (C=O) groups excluding carboxylic acids is 1. The number of nitrogens with two attached hydrogens (primary N) is 1. The summed E-state index contributed by atoms with van der Waals surface area (Å²) in [5.41, 5.74) is 8.04. The molecule has 0 bridgehead atoms. The summed E-state index contributed by atoms with van der Waals surface area (Å²) >= 11 is 1.15. The maximum absolute atomic E-state index is 12.3. The van der Waals surface area contributed by atoms with Crippen molar-refractivity contribution < 1.29 is 4.79 Å². The van der Waals surface area contributed by atoms with Gasteiger partial charge in [-0.15, -0.1) is 0 Å². The first-order valence-electron chi connectivity index (χ1n) is 6.77. The van der Waals surface area contributed by atoms with Crippen molar-refractivity contribution >= 4 is 29.2 Å². The normalized spacial score (nSPS) is 12.0. The van der Waals surface area contributed by atoms with Crippen LogP contribution in [0.2, 0.25) is 0 Å². The topological polar surface area (TPSA) is 101 Å². The van der Waals surface area contributed by atoms with Crippen molar-refractivity contribution in [2.45, 2.75) is 31.2 Å². The third kappa shape index (κ3) is 4.11. The molecule has 0 aliphatic carbocycles. The van der Waals surface area contributed by atoms with Gasteiger partial charge in [0.15, 0.2) is 5.16 Å². The molecule has 0 spiro atoms. The molecule has 1 unspecified atom stereocenters. The van der Waals surface area contributed by atoms with Gasteiger partial charge in [0.2, 0.25) is 5.91 Å². The molecule has 6 nitrogen and oxygen atoms in total. The summed E-state index contributed by atoms with van der Waals surface area (Å²) in [6, 6.07) is 7.07. The Morgan fingerprint density at radius 1 is 1.36 bits per heavy atom. The molecule has 0 aliphatic heterocycles. The van der Waals surface area contributed by atoms with E-state index in [1.54, 1.807) is 6.92 Å². The van der Waals surface area contributed by atoms with Gasteiger partial charge in [-0.1, -0.05) is 23.9 Å². The van der Waals surface area contributed by atoms with Gasteiger partial charge in [0, 0.05) is 11.8 Å². The summed E-state index contributed by atoms with van der Waals surface area (Å²) in [5, 5.41) is 2.79. The predicted molar refractivity (Wildman–Crippen MR) is 89.1 cm³/mol. The molecular weight excluding hydrogens is 300 g/mol. The van der Waals surface area contributed by atoms with Crippen molar-refractivity contribution in [1.82, 2.24) is 9.97 Å². The van der Waals surface area contributed by atoms with Crippen LogP contribution in [0.25, 0.3) is 0 Å². The summed E-state index contributed by atoms with van der Waals surface area (Å²) in [6.07, 6.45) is 0. The van der Waals surface area contributed by atoms with Crippen LogP contribution < -0.4 is 16.6 Å². The number of nitrogens with zero attached hydrogens (tertiary/aromatic N) is 1. The van der Waals surface area contributed by atoms with E-state index in [2.05, 4.69) is 15.3 Å². The first-order chi connectivity index (χ1) is 10.3. The summed E-state index contributed by atoms with van der Waals surface area (Å²) in [5.74, 6) is -0.0304. The number of hydrogen-bond acceptors (Lipinski definition) is 5. The lowest BCUT2D eigenvalue weighted by atomic mass is 10.1. The van der Waals surface area contributed by atoms with Gasteiger partial charge in [-0.2, -0.15) is 0 Å². The molecule has 7 heteroatoms. The SMILES string of the molecule is Cc1ccc(C)c(NC(=O)C(C)Sc2nc(N)cc(=O)[nH]2)c1. The second-order valence-corrected chi connectivity index (χ2v) is 6.37. The molecule has 116 valence electrons. The Balaban J connectivity index is 2.09. The Morgan fingerprint density at radius 3 is 2.77 bits per heavy atom. The predicted octanol–water partition coefficient (Wildman–Crippen LogP) is 2.09. The van der Waals surface area contributed by atoms with Crippen molar-refractivity contribution in [2.75, 3.05) is 11.1 Å². The summed E-state index contributed by atoms with van der Waals surface area (Å²) in [6.45, 7) is 5.65. The number of benzene rings is 1. The fraction of sp³-hybridized carbons (Fsp3) is 0.267. The van der Waals surface area contributed by atoms with Crippen molar-refractivity contribution in [1.29, 1.82) is 0 Å². The van der Waals surface area contributed by atoms with Crippen LogP contribution in [0, 0.1) is 13.8 Å². The fourth-order valence-corrected chi connectivity index (χ4v) is 2.65. The molecule has 1 aromatic carbocycles. The molecule has 4 N–H and O–H groups in total. The van der Waals surface area contributed by atoms with Crippen LogP contribution in [-0.2, 0) is 4.79 Å². The van der Waals surface area contributed by atoms with Crippen LogP contribution in [-0.4, -0.2) is 21.1 Å². The molecule has 2 aromatic rings. The molecule has 1 atom stereocenters. The van der Waals surface area contributed by atoms with Gasteiger partial charge in [0.25, 0.3) is 5.56 Å². The maximum Gasteiger partial charge on any atom is 0.253 e. The molecule has 0 fully saturated rings. The van der Waals surface area contributed by atoms with E-state index in [4.69, 9.17) is 5.73 Å². The quantitative estimate of drug-likeness (QED) is 0.592. The number of carbonyl (C=O) groups is 1. The van der Waals surface area contributed by atoms with Gasteiger partial charge in [0.1, 0.15) is 5.82 Å². The van der Waals surface area contributed by atoms with Gasteiger partial charge in [-0.05, 0) is 38.0 Å². The summed E-state index contributed by atoms with van der Waals surface area (Å²) in [7, 11) is 0. The summed E-state index contributed by atoms with van der Waals surface area (Å²) < 4.78 is 0. The second kappa shape index (κ2) is 6.65. The largest absolute Gasteiger partial charge is 0.383 e. The molecule has 1 aromatic heterocycles. The zero-order valence-corrected chi connectivity index (χ0v) is 13.5. The standard InChI is InChI=1S/C15H18N4O2S/c1-8-4-5-9(2)11(6-8)17-14(21)10(3)22-15-18-12(16)7-13(20)19-15/h4-7,10H,1-3H3,(H,17,21)(H3,16,18,19,20). The van der Waals surface area contributed by atoms with Crippen LogP contribution in [0.15, 0.2) is 34.2 Å². The van der Waals surface area contributed by atoms with Crippen LogP contribution in [0.1, 0.15) is 18.1 Å². The van der Waals surface area contributed by atoms with Crippen LogP contribution in [0.3, 0.4) is 0 Å². The highest BCUT2D eigenvalue weighted by molar-refractivity contribution is 8.00. The van der Waals surface area contributed by atoms with Gasteiger partial charge in [-0.25, -0.2) is 4.98 Å².